The van der Waals surface area contributed by atoms with Crippen LogP contribution in [0.3, 0.4) is 0 Å². The SMILES string of the molecule is CN=C(NCCNc1nccc(C(F)(F)F)n1)NCCC(F)(F)F.I. The molecule has 0 fully saturated rings. The minimum Gasteiger partial charge on any atom is -0.356 e. The van der Waals surface area contributed by atoms with Crippen molar-refractivity contribution in [3.8, 4) is 0 Å². The Labute approximate surface area is 156 Å². The van der Waals surface area contributed by atoms with Crippen LogP contribution < -0.4 is 16.0 Å². The number of hydrogen-bond acceptors (Lipinski definition) is 4. The molecule has 1 heterocycles. The Morgan fingerprint density at radius 1 is 1.08 bits per heavy atom. The van der Waals surface area contributed by atoms with E-state index in [1.165, 1.54) is 7.05 Å². The molecule has 0 unspecified atom stereocenters. The van der Waals surface area contributed by atoms with E-state index in [1.54, 1.807) is 0 Å². The summed E-state index contributed by atoms with van der Waals surface area (Å²) in [6.45, 7) is -0.0140. The summed E-state index contributed by atoms with van der Waals surface area (Å²) in [7, 11) is 1.38. The molecule has 144 valence electrons. The van der Waals surface area contributed by atoms with Crippen LogP contribution in [0, 0.1) is 0 Å². The Morgan fingerprint density at radius 3 is 2.28 bits per heavy atom. The molecule has 0 radical (unpaired) electrons. The van der Waals surface area contributed by atoms with Gasteiger partial charge in [0.05, 0.1) is 6.42 Å². The molecular formula is C12H17F6IN6. The number of anilines is 1. The topological polar surface area (TPSA) is 74.2 Å². The van der Waals surface area contributed by atoms with E-state index >= 15 is 0 Å². The van der Waals surface area contributed by atoms with Crippen molar-refractivity contribution >= 4 is 35.9 Å². The number of aromatic nitrogens is 2. The van der Waals surface area contributed by atoms with Crippen LogP contribution >= 0.6 is 24.0 Å². The van der Waals surface area contributed by atoms with E-state index in [0.717, 1.165) is 12.3 Å². The van der Waals surface area contributed by atoms with Gasteiger partial charge in [0, 0.05) is 32.9 Å². The molecule has 0 spiro atoms. The zero-order valence-corrected chi connectivity index (χ0v) is 15.3. The smallest absolute Gasteiger partial charge is 0.356 e. The molecule has 0 saturated carbocycles. The second-order valence-corrected chi connectivity index (χ2v) is 4.48. The number of aliphatic imine (C=N–C) groups is 1. The van der Waals surface area contributed by atoms with Gasteiger partial charge in [-0.15, -0.1) is 24.0 Å². The average Bonchev–Trinajstić information content (AvgIpc) is 2.48. The summed E-state index contributed by atoms with van der Waals surface area (Å²) in [5.41, 5.74) is -1.07. The normalized spacial score (nSPS) is 12.4. The molecule has 25 heavy (non-hydrogen) atoms. The predicted molar refractivity (Wildman–Crippen MR) is 91.0 cm³/mol. The summed E-state index contributed by atoms with van der Waals surface area (Å²) in [6, 6.07) is 0.746. The molecule has 0 bridgehead atoms. The molecule has 0 amide bonds. The lowest BCUT2D eigenvalue weighted by Crippen LogP contribution is -2.40. The van der Waals surface area contributed by atoms with Crippen LogP contribution in [0.25, 0.3) is 0 Å². The first-order valence-corrected chi connectivity index (χ1v) is 6.77. The molecular weight excluding hydrogens is 469 g/mol. The standard InChI is InChI=1S/C12H16F6N6.HI/c1-19-9(21-5-3-11(13,14)15)22-6-7-23-10-20-4-2-8(24-10)12(16,17)18;/h2,4H,3,5-7H2,1H3,(H2,19,21,22)(H,20,23,24);1H. The van der Waals surface area contributed by atoms with Crippen molar-refractivity contribution in [1.29, 1.82) is 0 Å². The van der Waals surface area contributed by atoms with Gasteiger partial charge >= 0.3 is 12.4 Å². The maximum atomic E-state index is 12.5. The highest BCUT2D eigenvalue weighted by atomic mass is 127. The van der Waals surface area contributed by atoms with Crippen molar-refractivity contribution in [2.75, 3.05) is 32.0 Å². The minimum absolute atomic E-state index is 0. The maximum Gasteiger partial charge on any atom is 0.433 e. The van der Waals surface area contributed by atoms with Crippen molar-refractivity contribution < 1.29 is 26.3 Å². The molecule has 0 aliphatic heterocycles. The summed E-state index contributed by atoms with van der Waals surface area (Å²) in [4.78, 5) is 10.7. The number of guanidine groups is 1. The van der Waals surface area contributed by atoms with Gasteiger partial charge in [0.25, 0.3) is 0 Å². The average molecular weight is 486 g/mol. The van der Waals surface area contributed by atoms with Gasteiger partial charge in [0.2, 0.25) is 5.95 Å². The Morgan fingerprint density at radius 2 is 1.72 bits per heavy atom. The van der Waals surface area contributed by atoms with E-state index < -0.39 is 24.5 Å². The fourth-order valence-electron chi connectivity index (χ4n) is 1.50. The zero-order valence-electron chi connectivity index (χ0n) is 13.0. The maximum absolute atomic E-state index is 12.5. The molecule has 0 atom stereocenters. The quantitative estimate of drug-likeness (QED) is 0.190. The fraction of sp³-hybridized carbons (Fsp3) is 0.583. The van der Waals surface area contributed by atoms with E-state index in [4.69, 9.17) is 0 Å². The van der Waals surface area contributed by atoms with E-state index in [9.17, 15) is 26.3 Å². The lowest BCUT2D eigenvalue weighted by Gasteiger charge is -2.13. The van der Waals surface area contributed by atoms with Crippen LogP contribution in [0.5, 0.6) is 0 Å². The van der Waals surface area contributed by atoms with Crippen molar-refractivity contribution in [3.63, 3.8) is 0 Å². The Balaban J connectivity index is 0.00000576. The Bertz CT molecular complexity index is 548. The van der Waals surface area contributed by atoms with E-state index in [1.807, 2.05) is 0 Å². The second-order valence-electron chi connectivity index (χ2n) is 4.48. The summed E-state index contributed by atoms with van der Waals surface area (Å²) in [5.74, 6) is -0.0577. The van der Waals surface area contributed by atoms with Crippen LogP contribution in [0.1, 0.15) is 12.1 Å². The monoisotopic (exact) mass is 486 g/mol. The highest BCUT2D eigenvalue weighted by molar-refractivity contribution is 14.0. The van der Waals surface area contributed by atoms with E-state index in [2.05, 4.69) is 30.9 Å². The largest absolute Gasteiger partial charge is 0.433 e. The van der Waals surface area contributed by atoms with Crippen molar-refractivity contribution in [3.05, 3.63) is 18.0 Å². The van der Waals surface area contributed by atoms with Crippen molar-refractivity contribution in [1.82, 2.24) is 20.6 Å². The molecule has 0 aliphatic carbocycles. The first kappa shape index (κ1) is 23.5. The number of nitrogens with one attached hydrogen (secondary N) is 3. The first-order chi connectivity index (χ1) is 11.1. The van der Waals surface area contributed by atoms with Crippen LogP contribution in [0.4, 0.5) is 32.3 Å². The van der Waals surface area contributed by atoms with Crippen LogP contribution in [-0.2, 0) is 6.18 Å². The summed E-state index contributed by atoms with van der Waals surface area (Å²) >= 11 is 0. The second kappa shape index (κ2) is 10.5. The van der Waals surface area contributed by atoms with Crippen molar-refractivity contribution in [2.24, 2.45) is 4.99 Å². The summed E-state index contributed by atoms with van der Waals surface area (Å²) in [6.07, 6.45) is -8.87. The minimum atomic E-state index is -4.57. The third kappa shape index (κ3) is 10.1. The zero-order chi connectivity index (χ0) is 18.2. The van der Waals surface area contributed by atoms with E-state index in [-0.39, 0.29) is 55.5 Å². The number of hydrogen-bond donors (Lipinski definition) is 3. The Hall–Kier alpha value is -1.54. The molecule has 6 nitrogen and oxygen atoms in total. The molecule has 1 aromatic rings. The highest BCUT2D eigenvalue weighted by Gasteiger charge is 2.32. The van der Waals surface area contributed by atoms with Gasteiger partial charge in [-0.2, -0.15) is 26.3 Å². The van der Waals surface area contributed by atoms with Crippen LogP contribution in [0.15, 0.2) is 17.3 Å². The van der Waals surface area contributed by atoms with Gasteiger partial charge in [-0.3, -0.25) is 4.99 Å². The third-order valence-electron chi connectivity index (χ3n) is 2.57. The summed E-state index contributed by atoms with van der Waals surface area (Å²) in [5, 5.41) is 7.74. The number of nitrogens with zero attached hydrogens (tertiary/aromatic N) is 3. The van der Waals surface area contributed by atoms with Crippen LogP contribution in [0.2, 0.25) is 0 Å². The predicted octanol–water partition coefficient (Wildman–Crippen LogP) is 2.64. The van der Waals surface area contributed by atoms with Gasteiger partial charge in [-0.1, -0.05) is 0 Å². The molecule has 0 saturated heterocycles. The molecule has 1 rings (SSSR count). The number of alkyl halides is 6. The fourth-order valence-corrected chi connectivity index (χ4v) is 1.50. The van der Waals surface area contributed by atoms with Gasteiger partial charge < -0.3 is 16.0 Å². The summed E-state index contributed by atoms with van der Waals surface area (Å²) < 4.78 is 73.5. The van der Waals surface area contributed by atoms with Gasteiger partial charge in [0.15, 0.2) is 5.96 Å². The third-order valence-corrected chi connectivity index (χ3v) is 2.57. The lowest BCUT2D eigenvalue weighted by molar-refractivity contribution is -0.141. The first-order valence-electron chi connectivity index (χ1n) is 6.77. The van der Waals surface area contributed by atoms with Gasteiger partial charge in [0.1, 0.15) is 5.69 Å². The molecule has 1 aromatic heterocycles. The molecule has 13 heteroatoms. The van der Waals surface area contributed by atoms with Gasteiger partial charge in [-0.25, -0.2) is 9.97 Å². The van der Waals surface area contributed by atoms with E-state index in [0.29, 0.717) is 0 Å². The number of rotatable bonds is 6. The molecule has 0 aromatic carbocycles. The number of halogens is 7. The van der Waals surface area contributed by atoms with Crippen LogP contribution in [-0.4, -0.2) is 48.8 Å². The van der Waals surface area contributed by atoms with Crippen molar-refractivity contribution in [2.45, 2.75) is 18.8 Å². The molecule has 3 N–H and O–H groups in total. The Kier molecular flexibility index (Phi) is 9.81. The molecule has 0 aliphatic rings. The van der Waals surface area contributed by atoms with Gasteiger partial charge in [-0.05, 0) is 6.07 Å². The lowest BCUT2D eigenvalue weighted by atomic mass is 10.4. The highest BCUT2D eigenvalue weighted by Crippen LogP contribution is 2.27.